The Bertz CT molecular complexity index is 642. The van der Waals surface area contributed by atoms with Crippen molar-refractivity contribution < 1.29 is 17.2 Å². The molecule has 0 aliphatic rings. The second kappa shape index (κ2) is 5.35. The van der Waals surface area contributed by atoms with Crippen LogP contribution < -0.4 is 5.32 Å². The van der Waals surface area contributed by atoms with Crippen LogP contribution in [0.25, 0.3) is 0 Å². The van der Waals surface area contributed by atoms with Crippen molar-refractivity contribution in [1.29, 1.82) is 0 Å². The van der Waals surface area contributed by atoms with E-state index in [2.05, 4.69) is 15.5 Å². The molecular formula is C11H11F2N3O2S. The Morgan fingerprint density at radius 3 is 2.63 bits per heavy atom. The van der Waals surface area contributed by atoms with E-state index >= 15 is 0 Å². The number of benzene rings is 1. The van der Waals surface area contributed by atoms with Crippen molar-refractivity contribution in [1.82, 2.24) is 10.2 Å². The monoisotopic (exact) mass is 287 g/mol. The van der Waals surface area contributed by atoms with Gasteiger partial charge in [0.05, 0.1) is 22.8 Å². The third-order valence-electron chi connectivity index (χ3n) is 2.46. The smallest absolute Gasteiger partial charge is 0.341 e. The van der Waals surface area contributed by atoms with Crippen molar-refractivity contribution in [2.75, 3.05) is 5.32 Å². The first-order chi connectivity index (χ1) is 9.01. The molecule has 102 valence electrons. The highest BCUT2D eigenvalue weighted by atomic mass is 32.2. The van der Waals surface area contributed by atoms with E-state index in [4.69, 9.17) is 0 Å². The first-order valence-corrected chi connectivity index (χ1v) is 6.89. The predicted octanol–water partition coefficient (Wildman–Crippen LogP) is 2.02. The second-order valence-electron chi connectivity index (χ2n) is 3.74. The Morgan fingerprint density at radius 1 is 1.26 bits per heavy atom. The van der Waals surface area contributed by atoms with E-state index < -0.39 is 20.5 Å². The Labute approximate surface area is 108 Å². The number of hydrogen-bond acceptors (Lipinski definition) is 4. The van der Waals surface area contributed by atoms with Gasteiger partial charge < -0.3 is 5.32 Å². The molecule has 0 amide bonds. The first-order valence-electron chi connectivity index (χ1n) is 5.35. The summed E-state index contributed by atoms with van der Waals surface area (Å²) in [4.78, 5) is -0.412. The number of aromatic nitrogens is 2. The molecule has 0 aliphatic heterocycles. The molecule has 2 rings (SSSR count). The Kier molecular flexibility index (Phi) is 3.79. The predicted molar refractivity (Wildman–Crippen MR) is 65.5 cm³/mol. The number of rotatable bonds is 5. The number of H-pyrrole nitrogens is 1. The van der Waals surface area contributed by atoms with E-state index in [1.54, 1.807) is 18.3 Å². The van der Waals surface area contributed by atoms with Crippen molar-refractivity contribution in [2.45, 2.75) is 17.2 Å². The summed E-state index contributed by atoms with van der Waals surface area (Å²) in [6, 6.07) is 7.25. The molecule has 5 nitrogen and oxygen atoms in total. The number of nitrogens with one attached hydrogen (secondary N) is 2. The van der Waals surface area contributed by atoms with Crippen molar-refractivity contribution in [2.24, 2.45) is 0 Å². The molecule has 0 spiro atoms. The van der Waals surface area contributed by atoms with Crippen molar-refractivity contribution in [3.05, 3.63) is 42.2 Å². The van der Waals surface area contributed by atoms with Crippen LogP contribution in [0.1, 0.15) is 5.69 Å². The molecular weight excluding hydrogens is 276 g/mol. The number of alkyl halides is 2. The van der Waals surface area contributed by atoms with Crippen LogP contribution in [0.4, 0.5) is 14.5 Å². The Morgan fingerprint density at radius 2 is 2.00 bits per heavy atom. The van der Waals surface area contributed by atoms with Crippen molar-refractivity contribution in [3.8, 4) is 0 Å². The lowest BCUT2D eigenvalue weighted by molar-refractivity contribution is 0.235. The molecule has 0 aliphatic carbocycles. The maximum Gasteiger partial charge on any atom is 0.341 e. The topological polar surface area (TPSA) is 74.8 Å². The van der Waals surface area contributed by atoms with Crippen LogP contribution in [0.5, 0.6) is 0 Å². The lowest BCUT2D eigenvalue weighted by Gasteiger charge is -2.11. The van der Waals surface area contributed by atoms with Gasteiger partial charge >= 0.3 is 5.76 Å². The van der Waals surface area contributed by atoms with E-state index in [-0.39, 0.29) is 12.2 Å². The molecule has 8 heteroatoms. The van der Waals surface area contributed by atoms with Crippen LogP contribution in [-0.2, 0) is 16.4 Å². The summed E-state index contributed by atoms with van der Waals surface area (Å²) in [6.45, 7) is 0.260. The number of nitrogens with zero attached hydrogens (tertiary/aromatic N) is 1. The number of sulfone groups is 1. The summed E-state index contributed by atoms with van der Waals surface area (Å²) in [6.07, 6.45) is 1.54. The number of hydrogen-bond donors (Lipinski definition) is 2. The number of para-hydroxylation sites is 1. The van der Waals surface area contributed by atoms with Crippen LogP contribution >= 0.6 is 0 Å². The first kappa shape index (κ1) is 13.5. The fourth-order valence-electron chi connectivity index (χ4n) is 1.53. The van der Waals surface area contributed by atoms with Gasteiger partial charge in [0.25, 0.3) is 0 Å². The van der Waals surface area contributed by atoms with Gasteiger partial charge in [0.15, 0.2) is 0 Å². The zero-order valence-corrected chi connectivity index (χ0v) is 10.5. The van der Waals surface area contributed by atoms with E-state index in [1.165, 1.54) is 12.1 Å². The summed E-state index contributed by atoms with van der Waals surface area (Å²) in [5.41, 5.74) is 0.849. The average Bonchev–Trinajstić information content (AvgIpc) is 2.89. The average molecular weight is 287 g/mol. The van der Waals surface area contributed by atoms with Gasteiger partial charge in [0.1, 0.15) is 0 Å². The van der Waals surface area contributed by atoms with Crippen LogP contribution in [-0.4, -0.2) is 24.4 Å². The summed E-state index contributed by atoms with van der Waals surface area (Å²) in [5.74, 6) is -3.44. The van der Waals surface area contributed by atoms with Gasteiger partial charge in [-0.05, 0) is 18.2 Å². The molecule has 0 saturated heterocycles. The molecule has 1 aromatic heterocycles. The van der Waals surface area contributed by atoms with Crippen LogP contribution in [0.2, 0.25) is 0 Å². The molecule has 1 heterocycles. The highest BCUT2D eigenvalue weighted by Crippen LogP contribution is 2.26. The third kappa shape index (κ3) is 2.90. The number of halogens is 2. The highest BCUT2D eigenvalue weighted by molar-refractivity contribution is 7.91. The van der Waals surface area contributed by atoms with Gasteiger partial charge in [-0.25, -0.2) is 8.42 Å². The Hall–Kier alpha value is -1.96. The maximum atomic E-state index is 12.6. The molecule has 0 bridgehead atoms. The van der Waals surface area contributed by atoms with Gasteiger partial charge in [-0.3, -0.25) is 5.10 Å². The van der Waals surface area contributed by atoms with Crippen LogP contribution in [0.3, 0.4) is 0 Å². The van der Waals surface area contributed by atoms with Gasteiger partial charge in [-0.2, -0.15) is 13.9 Å². The summed E-state index contributed by atoms with van der Waals surface area (Å²) < 4.78 is 48.1. The van der Waals surface area contributed by atoms with Gasteiger partial charge in [0.2, 0.25) is 9.84 Å². The largest absolute Gasteiger partial charge is 0.378 e. The van der Waals surface area contributed by atoms with Gasteiger partial charge in [-0.15, -0.1) is 0 Å². The fraction of sp³-hybridized carbons (Fsp3) is 0.182. The Balaban J connectivity index is 2.27. The third-order valence-corrected chi connectivity index (χ3v) is 3.89. The normalized spacial score (nSPS) is 11.7. The molecule has 0 atom stereocenters. The van der Waals surface area contributed by atoms with Gasteiger partial charge in [0, 0.05) is 6.20 Å². The summed E-state index contributed by atoms with van der Waals surface area (Å²) >= 11 is 0. The summed E-state index contributed by atoms with van der Waals surface area (Å²) in [7, 11) is -4.62. The highest BCUT2D eigenvalue weighted by Gasteiger charge is 2.28. The van der Waals surface area contributed by atoms with Gasteiger partial charge in [-0.1, -0.05) is 12.1 Å². The minimum atomic E-state index is -4.62. The van der Waals surface area contributed by atoms with Crippen molar-refractivity contribution in [3.63, 3.8) is 0 Å². The van der Waals surface area contributed by atoms with Crippen molar-refractivity contribution >= 4 is 15.5 Å². The molecule has 0 fully saturated rings. The van der Waals surface area contributed by atoms with E-state index in [0.717, 1.165) is 6.07 Å². The standard InChI is InChI=1S/C11H11F2N3O2S/c12-11(13)19(17,18)10-4-2-1-3-9(10)14-7-8-5-6-15-16-8/h1-6,11,14H,7H2,(H,15,16). The quantitative estimate of drug-likeness (QED) is 0.882. The lowest BCUT2D eigenvalue weighted by Crippen LogP contribution is -2.14. The molecule has 1 aromatic carbocycles. The van der Waals surface area contributed by atoms with E-state index in [9.17, 15) is 17.2 Å². The minimum Gasteiger partial charge on any atom is -0.378 e. The van der Waals surface area contributed by atoms with E-state index in [0.29, 0.717) is 5.69 Å². The maximum absolute atomic E-state index is 12.6. The van der Waals surface area contributed by atoms with Crippen LogP contribution in [0, 0.1) is 0 Å². The molecule has 19 heavy (non-hydrogen) atoms. The number of anilines is 1. The molecule has 2 aromatic rings. The van der Waals surface area contributed by atoms with E-state index in [1.807, 2.05) is 0 Å². The molecule has 0 radical (unpaired) electrons. The zero-order valence-electron chi connectivity index (χ0n) is 9.68. The van der Waals surface area contributed by atoms with Crippen LogP contribution in [0.15, 0.2) is 41.4 Å². The molecule has 2 N–H and O–H groups in total. The molecule has 0 unspecified atom stereocenters. The summed E-state index contributed by atoms with van der Waals surface area (Å²) in [5, 5.41) is 9.20. The number of aromatic amines is 1. The molecule has 0 saturated carbocycles. The lowest BCUT2D eigenvalue weighted by atomic mass is 10.3. The minimum absolute atomic E-state index is 0.136. The SMILES string of the molecule is O=S(=O)(c1ccccc1NCc1ccn[nH]1)C(F)F. The second-order valence-corrected chi connectivity index (χ2v) is 5.62. The zero-order chi connectivity index (χ0) is 13.9. The fourth-order valence-corrected chi connectivity index (χ4v) is 2.44.